The summed E-state index contributed by atoms with van der Waals surface area (Å²) in [6, 6.07) is 12.6. The van der Waals surface area contributed by atoms with Crippen molar-refractivity contribution >= 4 is 29.3 Å². The van der Waals surface area contributed by atoms with E-state index in [1.807, 2.05) is 12.1 Å². The van der Waals surface area contributed by atoms with Crippen LogP contribution in [0.3, 0.4) is 0 Å². The summed E-state index contributed by atoms with van der Waals surface area (Å²) in [5, 5.41) is 3.18. The van der Waals surface area contributed by atoms with Crippen molar-refractivity contribution in [2.24, 2.45) is 0 Å². The van der Waals surface area contributed by atoms with Gasteiger partial charge in [0.05, 0.1) is 12.3 Å². The van der Waals surface area contributed by atoms with Crippen molar-refractivity contribution < 1.29 is 13.9 Å². The van der Waals surface area contributed by atoms with Crippen LogP contribution in [0.2, 0.25) is 5.02 Å². The fourth-order valence-corrected chi connectivity index (χ4v) is 3.57. The van der Waals surface area contributed by atoms with Crippen LogP contribution in [-0.2, 0) is 16.0 Å². The van der Waals surface area contributed by atoms with Crippen LogP contribution in [0.1, 0.15) is 31.9 Å². The molecule has 2 aromatic carbocycles. The lowest BCUT2D eigenvalue weighted by atomic mass is 9.87. The second kappa shape index (κ2) is 10.00. The topological polar surface area (TPSA) is 38.3 Å². The summed E-state index contributed by atoms with van der Waals surface area (Å²) in [4.78, 5) is 11.9. The van der Waals surface area contributed by atoms with Crippen LogP contribution in [-0.4, -0.2) is 24.8 Å². The molecule has 1 N–H and O–H groups in total. The van der Waals surface area contributed by atoms with Gasteiger partial charge in [-0.15, -0.1) is 11.8 Å². The number of thioether (sulfide) groups is 1. The van der Waals surface area contributed by atoms with E-state index in [0.717, 1.165) is 5.75 Å². The minimum atomic E-state index is -0.346. The van der Waals surface area contributed by atoms with Gasteiger partial charge in [-0.3, -0.25) is 4.79 Å². The minimum Gasteiger partial charge on any atom is -0.492 e. The van der Waals surface area contributed by atoms with Gasteiger partial charge in [-0.2, -0.15) is 0 Å². The summed E-state index contributed by atoms with van der Waals surface area (Å²) in [5.74, 6) is 0.918. The number of benzene rings is 2. The third kappa shape index (κ3) is 7.07. The van der Waals surface area contributed by atoms with Crippen LogP contribution < -0.4 is 10.1 Å². The third-order valence-corrected chi connectivity index (χ3v) is 5.27. The van der Waals surface area contributed by atoms with Crippen LogP contribution >= 0.6 is 23.4 Å². The molecule has 0 spiro atoms. The first-order valence-corrected chi connectivity index (χ1v) is 10.3. The largest absolute Gasteiger partial charge is 0.492 e. The Hall–Kier alpha value is -1.72. The smallest absolute Gasteiger partial charge is 0.230 e. The maximum absolute atomic E-state index is 13.7. The summed E-state index contributed by atoms with van der Waals surface area (Å²) in [6.45, 7) is 7.30. The Labute approximate surface area is 169 Å². The number of amides is 1. The van der Waals surface area contributed by atoms with Crippen molar-refractivity contribution in [3.63, 3.8) is 0 Å². The number of rotatable bonds is 8. The second-order valence-electron chi connectivity index (χ2n) is 7.17. The zero-order chi connectivity index (χ0) is 19.9. The van der Waals surface area contributed by atoms with Gasteiger partial charge >= 0.3 is 0 Å². The molecule has 3 nitrogen and oxygen atoms in total. The molecular weight excluding hydrogens is 385 g/mol. The predicted molar refractivity (Wildman–Crippen MR) is 111 cm³/mol. The molecule has 2 aromatic rings. The van der Waals surface area contributed by atoms with E-state index in [1.54, 1.807) is 12.1 Å². The van der Waals surface area contributed by atoms with Crippen LogP contribution in [0.25, 0.3) is 0 Å². The Morgan fingerprint density at radius 1 is 1.19 bits per heavy atom. The highest BCUT2D eigenvalue weighted by Gasteiger charge is 2.13. The normalized spacial score (nSPS) is 11.3. The lowest BCUT2D eigenvalue weighted by molar-refractivity contribution is -0.118. The van der Waals surface area contributed by atoms with E-state index in [4.69, 9.17) is 16.3 Å². The zero-order valence-electron chi connectivity index (χ0n) is 15.9. The monoisotopic (exact) mass is 409 g/mol. The third-order valence-electron chi connectivity index (χ3n) is 3.95. The number of ether oxygens (including phenoxy) is 1. The maximum Gasteiger partial charge on any atom is 0.230 e. The lowest BCUT2D eigenvalue weighted by Crippen LogP contribution is -2.29. The molecule has 0 radical (unpaired) electrons. The summed E-state index contributed by atoms with van der Waals surface area (Å²) < 4.78 is 19.3. The van der Waals surface area contributed by atoms with Gasteiger partial charge in [0.15, 0.2) is 0 Å². The van der Waals surface area contributed by atoms with Crippen molar-refractivity contribution in [3.05, 3.63) is 64.4 Å². The molecule has 6 heteroatoms. The first kappa shape index (κ1) is 21.6. The van der Waals surface area contributed by atoms with Gasteiger partial charge in [0.2, 0.25) is 5.91 Å². The number of hydrogen-bond donors (Lipinski definition) is 1. The molecule has 0 saturated carbocycles. The average Bonchev–Trinajstić information content (AvgIpc) is 2.61. The molecule has 146 valence electrons. The Balaban J connectivity index is 1.65. The molecule has 27 heavy (non-hydrogen) atoms. The number of carbonyl (C=O) groups is 1. The molecule has 0 aliphatic heterocycles. The van der Waals surface area contributed by atoms with Crippen LogP contribution in [0, 0.1) is 5.82 Å². The molecule has 2 rings (SSSR count). The predicted octanol–water partition coefficient (Wildman–Crippen LogP) is 5.21. The Morgan fingerprint density at radius 2 is 1.89 bits per heavy atom. The number of halogens is 2. The van der Waals surface area contributed by atoms with Gasteiger partial charge in [0.25, 0.3) is 0 Å². The first-order chi connectivity index (χ1) is 12.8. The average molecular weight is 410 g/mol. The number of nitrogens with one attached hydrogen (secondary N) is 1. The van der Waals surface area contributed by atoms with Gasteiger partial charge in [-0.25, -0.2) is 4.39 Å². The van der Waals surface area contributed by atoms with E-state index < -0.39 is 0 Å². The van der Waals surface area contributed by atoms with Crippen molar-refractivity contribution in [1.29, 1.82) is 0 Å². The highest BCUT2D eigenvalue weighted by Crippen LogP contribution is 2.25. The van der Waals surface area contributed by atoms with Crippen molar-refractivity contribution in [3.8, 4) is 5.75 Å². The first-order valence-electron chi connectivity index (χ1n) is 8.78. The fourth-order valence-electron chi connectivity index (χ4n) is 2.38. The zero-order valence-corrected chi connectivity index (χ0v) is 17.4. The van der Waals surface area contributed by atoms with E-state index in [9.17, 15) is 9.18 Å². The highest BCUT2D eigenvalue weighted by molar-refractivity contribution is 7.99. The lowest BCUT2D eigenvalue weighted by Gasteiger charge is -2.19. The SMILES string of the molecule is CC(C)(C)c1ccc(OCCNC(=O)CSCc2c(F)cccc2Cl)cc1. The van der Waals surface area contributed by atoms with Crippen LogP contribution in [0.4, 0.5) is 4.39 Å². The van der Waals surface area contributed by atoms with E-state index in [0.29, 0.717) is 29.5 Å². The van der Waals surface area contributed by atoms with Crippen molar-refractivity contribution in [1.82, 2.24) is 5.32 Å². The molecule has 0 heterocycles. The van der Waals surface area contributed by atoms with E-state index >= 15 is 0 Å². The minimum absolute atomic E-state index is 0.108. The molecule has 0 aromatic heterocycles. The van der Waals surface area contributed by atoms with Gasteiger partial charge in [-0.05, 0) is 35.2 Å². The molecule has 0 unspecified atom stereocenters. The Morgan fingerprint density at radius 3 is 2.52 bits per heavy atom. The van der Waals surface area contributed by atoms with Gasteiger partial charge < -0.3 is 10.1 Å². The molecule has 0 bridgehead atoms. The van der Waals surface area contributed by atoms with E-state index in [2.05, 4.69) is 38.2 Å². The van der Waals surface area contributed by atoms with Gasteiger partial charge in [0, 0.05) is 16.3 Å². The number of hydrogen-bond acceptors (Lipinski definition) is 3. The van der Waals surface area contributed by atoms with Crippen LogP contribution in [0.5, 0.6) is 5.75 Å². The van der Waals surface area contributed by atoms with E-state index in [-0.39, 0.29) is 22.9 Å². The maximum atomic E-state index is 13.7. The van der Waals surface area contributed by atoms with Gasteiger partial charge in [0.1, 0.15) is 18.2 Å². The molecule has 1 amide bonds. The highest BCUT2D eigenvalue weighted by atomic mass is 35.5. The summed E-state index contributed by atoms with van der Waals surface area (Å²) in [6.07, 6.45) is 0. The summed E-state index contributed by atoms with van der Waals surface area (Å²) in [5.41, 5.74) is 1.78. The molecular formula is C21H25ClFNO2S. The van der Waals surface area contributed by atoms with E-state index in [1.165, 1.54) is 23.4 Å². The molecule has 0 saturated heterocycles. The van der Waals surface area contributed by atoms with Crippen LogP contribution in [0.15, 0.2) is 42.5 Å². The Kier molecular flexibility index (Phi) is 7.99. The van der Waals surface area contributed by atoms with Crippen molar-refractivity contribution in [2.45, 2.75) is 31.9 Å². The second-order valence-corrected chi connectivity index (χ2v) is 8.56. The number of carbonyl (C=O) groups excluding carboxylic acids is 1. The molecule has 0 fully saturated rings. The van der Waals surface area contributed by atoms with Gasteiger partial charge in [-0.1, -0.05) is 50.6 Å². The standard InChI is InChI=1S/C21H25ClFNO2S/c1-21(2,3)15-7-9-16(10-8-15)26-12-11-24-20(25)14-27-13-17-18(22)5-4-6-19(17)23/h4-10H,11-14H2,1-3H3,(H,24,25). The molecule has 0 aliphatic carbocycles. The Bertz CT molecular complexity index is 740. The quantitative estimate of drug-likeness (QED) is 0.608. The van der Waals surface area contributed by atoms with Crippen molar-refractivity contribution in [2.75, 3.05) is 18.9 Å². The summed E-state index contributed by atoms with van der Waals surface area (Å²) in [7, 11) is 0. The molecule has 0 atom stereocenters. The molecule has 0 aliphatic rings. The summed E-state index contributed by atoms with van der Waals surface area (Å²) >= 11 is 7.29. The fraction of sp³-hybridized carbons (Fsp3) is 0.381.